The molecule has 2 unspecified atom stereocenters. The summed E-state index contributed by atoms with van der Waals surface area (Å²) in [4.78, 5) is 0. The second-order valence-electron chi connectivity index (χ2n) is 8.65. The Kier molecular flexibility index (Phi) is 2.99. The molecule has 4 bridgehead atoms. The maximum atomic E-state index is 3.56. The van der Waals surface area contributed by atoms with Crippen molar-refractivity contribution in [1.82, 2.24) is 5.32 Å². The Morgan fingerprint density at radius 3 is 2.11 bits per heavy atom. The topological polar surface area (TPSA) is 12.0 Å². The van der Waals surface area contributed by atoms with E-state index >= 15 is 0 Å². The van der Waals surface area contributed by atoms with Gasteiger partial charge < -0.3 is 5.32 Å². The van der Waals surface area contributed by atoms with Gasteiger partial charge in [0.25, 0.3) is 0 Å². The predicted octanol–water partition coefficient (Wildman–Crippen LogP) is 4.08. The minimum Gasteiger partial charge on any atom is -0.317 e. The molecule has 1 N–H and O–H groups in total. The number of piperidine rings is 1. The smallest absolute Gasteiger partial charge is 0.00462 e. The zero-order valence-corrected chi connectivity index (χ0v) is 12.8. The molecule has 5 fully saturated rings. The van der Waals surface area contributed by atoms with Crippen LogP contribution in [0.1, 0.15) is 58.8 Å². The van der Waals surface area contributed by atoms with Crippen LogP contribution in [0.3, 0.4) is 0 Å². The second-order valence-corrected chi connectivity index (χ2v) is 8.65. The van der Waals surface area contributed by atoms with E-state index in [1.54, 1.807) is 32.1 Å². The minimum absolute atomic E-state index is 0.764. The highest BCUT2D eigenvalue weighted by atomic mass is 14.9. The Labute approximate surface area is 118 Å². The lowest BCUT2D eigenvalue weighted by atomic mass is 9.42. The number of rotatable bonds is 2. The largest absolute Gasteiger partial charge is 0.317 e. The van der Waals surface area contributed by atoms with Crippen LogP contribution in [-0.2, 0) is 0 Å². The molecular formula is C18H31N. The highest BCUT2D eigenvalue weighted by molar-refractivity contribution is 5.07. The Bertz CT molecular complexity index is 326. The predicted molar refractivity (Wildman–Crippen MR) is 79.9 cm³/mol. The molecule has 4 aliphatic carbocycles. The Hall–Kier alpha value is -0.0400. The van der Waals surface area contributed by atoms with Crippen molar-refractivity contribution in [3.63, 3.8) is 0 Å². The molecule has 0 radical (unpaired) electrons. The number of nitrogens with one attached hydrogen (secondary N) is 1. The molecule has 4 saturated carbocycles. The molecule has 1 aliphatic heterocycles. The van der Waals surface area contributed by atoms with Gasteiger partial charge in [-0.25, -0.2) is 0 Å². The summed E-state index contributed by atoms with van der Waals surface area (Å²) >= 11 is 0. The zero-order valence-electron chi connectivity index (χ0n) is 12.8. The van der Waals surface area contributed by atoms with Gasteiger partial charge in [0.05, 0.1) is 0 Å². The summed E-state index contributed by atoms with van der Waals surface area (Å²) in [6.07, 6.45) is 10.9. The lowest BCUT2D eigenvalue weighted by molar-refractivity contribution is -0.134. The van der Waals surface area contributed by atoms with Gasteiger partial charge in [0.1, 0.15) is 0 Å². The first kappa shape index (κ1) is 12.7. The highest BCUT2D eigenvalue weighted by Crippen LogP contribution is 2.66. The first-order chi connectivity index (χ1) is 9.18. The van der Waals surface area contributed by atoms with Crippen molar-refractivity contribution in [2.75, 3.05) is 13.1 Å². The molecule has 2 atom stereocenters. The van der Waals surface area contributed by atoms with Crippen LogP contribution >= 0.6 is 0 Å². The molecule has 1 heteroatoms. The standard InChI is InChI=1S/C18H31N/c1-12(2)18-9-13-7-15(10-18)17(16(8-13)11-18)14-3-5-19-6-4-14/h12-17,19H,3-11H2,1-2H3. The Morgan fingerprint density at radius 1 is 0.895 bits per heavy atom. The average molecular weight is 261 g/mol. The molecule has 108 valence electrons. The molecule has 5 rings (SSSR count). The molecule has 19 heavy (non-hydrogen) atoms. The fourth-order valence-corrected chi connectivity index (χ4v) is 6.83. The second kappa shape index (κ2) is 4.48. The average Bonchev–Trinajstić information content (AvgIpc) is 2.38. The van der Waals surface area contributed by atoms with E-state index in [-0.39, 0.29) is 0 Å². The van der Waals surface area contributed by atoms with Crippen molar-refractivity contribution >= 4 is 0 Å². The molecule has 1 saturated heterocycles. The summed E-state index contributed by atoms with van der Waals surface area (Å²) in [6.45, 7) is 7.60. The third-order valence-electron chi connectivity index (χ3n) is 7.55. The van der Waals surface area contributed by atoms with Crippen LogP contribution in [0.4, 0.5) is 0 Å². The number of hydrogen-bond acceptors (Lipinski definition) is 1. The summed E-state index contributed by atoms with van der Waals surface area (Å²) in [6, 6.07) is 0. The molecule has 0 aromatic carbocycles. The van der Waals surface area contributed by atoms with Crippen LogP contribution in [-0.4, -0.2) is 13.1 Å². The first-order valence-corrected chi connectivity index (χ1v) is 8.89. The van der Waals surface area contributed by atoms with Crippen LogP contribution in [0, 0.1) is 40.9 Å². The maximum absolute atomic E-state index is 3.56. The van der Waals surface area contributed by atoms with Gasteiger partial charge in [0, 0.05) is 0 Å². The summed E-state index contributed by atoms with van der Waals surface area (Å²) in [7, 11) is 0. The van der Waals surface area contributed by atoms with E-state index in [1.165, 1.54) is 25.9 Å². The first-order valence-electron chi connectivity index (χ1n) is 8.89. The van der Waals surface area contributed by atoms with E-state index in [9.17, 15) is 0 Å². The Balaban J connectivity index is 1.57. The van der Waals surface area contributed by atoms with Crippen LogP contribution in [0.25, 0.3) is 0 Å². The van der Waals surface area contributed by atoms with Crippen LogP contribution in [0.2, 0.25) is 0 Å². The van der Waals surface area contributed by atoms with Gasteiger partial charge in [-0.05, 0) is 99.0 Å². The third kappa shape index (κ3) is 1.91. The van der Waals surface area contributed by atoms with E-state index in [0.29, 0.717) is 0 Å². The third-order valence-corrected chi connectivity index (χ3v) is 7.55. The van der Waals surface area contributed by atoms with Gasteiger partial charge in [0.2, 0.25) is 0 Å². The van der Waals surface area contributed by atoms with Crippen molar-refractivity contribution in [1.29, 1.82) is 0 Å². The summed E-state index contributed by atoms with van der Waals surface area (Å²) in [5, 5.41) is 3.56. The molecule has 0 aromatic heterocycles. The van der Waals surface area contributed by atoms with E-state index in [4.69, 9.17) is 0 Å². The van der Waals surface area contributed by atoms with E-state index in [2.05, 4.69) is 19.2 Å². The monoisotopic (exact) mass is 261 g/mol. The van der Waals surface area contributed by atoms with E-state index in [1.807, 2.05) is 0 Å². The van der Waals surface area contributed by atoms with Gasteiger partial charge in [-0.1, -0.05) is 13.8 Å². The van der Waals surface area contributed by atoms with Crippen molar-refractivity contribution in [2.24, 2.45) is 40.9 Å². The van der Waals surface area contributed by atoms with Crippen molar-refractivity contribution in [3.05, 3.63) is 0 Å². The SMILES string of the molecule is CC(C)C12CC3CC(C1)C(C1CCNCC1)C(C3)C2. The van der Waals surface area contributed by atoms with Gasteiger partial charge in [0.15, 0.2) is 0 Å². The highest BCUT2D eigenvalue weighted by Gasteiger charge is 2.57. The van der Waals surface area contributed by atoms with Crippen molar-refractivity contribution in [2.45, 2.75) is 58.8 Å². The molecule has 5 aliphatic rings. The van der Waals surface area contributed by atoms with E-state index in [0.717, 1.165) is 40.9 Å². The molecule has 1 heterocycles. The van der Waals surface area contributed by atoms with Crippen molar-refractivity contribution in [3.8, 4) is 0 Å². The Morgan fingerprint density at radius 2 is 1.53 bits per heavy atom. The number of hydrogen-bond donors (Lipinski definition) is 1. The summed E-state index contributed by atoms with van der Waals surface area (Å²) in [5.74, 6) is 6.44. The van der Waals surface area contributed by atoms with E-state index < -0.39 is 0 Å². The van der Waals surface area contributed by atoms with Crippen LogP contribution < -0.4 is 5.32 Å². The molecule has 0 amide bonds. The van der Waals surface area contributed by atoms with Gasteiger partial charge in [-0.15, -0.1) is 0 Å². The quantitative estimate of drug-likeness (QED) is 0.789. The molecule has 0 spiro atoms. The molecular weight excluding hydrogens is 230 g/mol. The molecule has 0 aromatic rings. The normalized spacial score (nSPS) is 50.1. The lowest BCUT2D eigenvalue weighted by Gasteiger charge is -2.63. The minimum atomic E-state index is 0.764. The van der Waals surface area contributed by atoms with Crippen LogP contribution in [0.5, 0.6) is 0 Å². The van der Waals surface area contributed by atoms with Gasteiger partial charge in [-0.2, -0.15) is 0 Å². The summed E-state index contributed by atoms with van der Waals surface area (Å²) < 4.78 is 0. The fourth-order valence-electron chi connectivity index (χ4n) is 6.83. The van der Waals surface area contributed by atoms with Gasteiger partial charge in [-0.3, -0.25) is 0 Å². The summed E-state index contributed by atoms with van der Waals surface area (Å²) in [5.41, 5.74) is 0.764. The van der Waals surface area contributed by atoms with Crippen molar-refractivity contribution < 1.29 is 0 Å². The molecule has 1 nitrogen and oxygen atoms in total. The fraction of sp³-hybridized carbons (Fsp3) is 1.00. The lowest BCUT2D eigenvalue weighted by Crippen LogP contribution is -2.55. The maximum Gasteiger partial charge on any atom is -0.00462 e. The van der Waals surface area contributed by atoms with Crippen LogP contribution in [0.15, 0.2) is 0 Å². The zero-order chi connectivity index (χ0) is 13.0. The van der Waals surface area contributed by atoms with Gasteiger partial charge >= 0.3 is 0 Å².